The smallest absolute Gasteiger partial charge is 0.360 e. The first-order valence-corrected chi connectivity index (χ1v) is 12.5. The van der Waals surface area contributed by atoms with Gasteiger partial charge in [-0.2, -0.15) is 0 Å². The van der Waals surface area contributed by atoms with Crippen LogP contribution >= 0.6 is 0 Å². The van der Waals surface area contributed by atoms with Crippen LogP contribution in [0.1, 0.15) is 108 Å². The number of nitrogens with zero attached hydrogens (tertiary/aromatic N) is 1. The SMILES string of the molecule is CCOC(=O)c1cc(C2CCC3C4CCC5CC(C)CCC5(C)C4CCC23C)on1. The van der Waals surface area contributed by atoms with Gasteiger partial charge in [-0.1, -0.05) is 32.3 Å². The van der Waals surface area contributed by atoms with E-state index in [0.29, 0.717) is 23.6 Å². The summed E-state index contributed by atoms with van der Waals surface area (Å²) in [7, 11) is 0. The van der Waals surface area contributed by atoms with Crippen molar-refractivity contribution in [3.63, 3.8) is 0 Å². The molecule has 0 amide bonds. The molecule has 0 aliphatic heterocycles. The quantitative estimate of drug-likeness (QED) is 0.523. The number of aromatic nitrogens is 1. The summed E-state index contributed by atoms with van der Waals surface area (Å²) in [6.07, 6.45) is 12.3. The molecule has 0 bridgehead atoms. The van der Waals surface area contributed by atoms with Crippen molar-refractivity contribution in [1.29, 1.82) is 0 Å². The van der Waals surface area contributed by atoms with Crippen molar-refractivity contribution >= 4 is 5.97 Å². The maximum Gasteiger partial charge on any atom is 0.360 e. The van der Waals surface area contributed by atoms with Crippen LogP contribution < -0.4 is 0 Å². The summed E-state index contributed by atoms with van der Waals surface area (Å²) in [6.45, 7) is 9.81. The molecule has 0 spiro atoms. The lowest BCUT2D eigenvalue weighted by Gasteiger charge is -2.61. The first-order valence-electron chi connectivity index (χ1n) is 12.5. The van der Waals surface area contributed by atoms with E-state index in [1.54, 1.807) is 0 Å². The van der Waals surface area contributed by atoms with Crippen LogP contribution in [0.25, 0.3) is 0 Å². The van der Waals surface area contributed by atoms with Gasteiger partial charge in [0.1, 0.15) is 5.76 Å². The van der Waals surface area contributed by atoms with Gasteiger partial charge in [-0.3, -0.25) is 0 Å². The van der Waals surface area contributed by atoms with Crippen LogP contribution in [0.5, 0.6) is 0 Å². The van der Waals surface area contributed by atoms with Crippen molar-refractivity contribution in [2.45, 2.75) is 91.4 Å². The molecule has 30 heavy (non-hydrogen) atoms. The monoisotopic (exact) mass is 413 g/mol. The number of ether oxygens (including phenoxy) is 1. The Hall–Kier alpha value is -1.32. The predicted molar refractivity (Wildman–Crippen MR) is 116 cm³/mol. The third-order valence-electron chi connectivity index (χ3n) is 10.3. The Balaban J connectivity index is 1.37. The fourth-order valence-corrected chi connectivity index (χ4v) is 8.69. The molecule has 1 heterocycles. The van der Waals surface area contributed by atoms with Gasteiger partial charge in [0.25, 0.3) is 0 Å². The maximum atomic E-state index is 12.1. The van der Waals surface area contributed by atoms with Crippen LogP contribution in [0.15, 0.2) is 10.6 Å². The molecule has 4 aliphatic carbocycles. The standard InChI is InChI=1S/C26H39NO3/c1-5-29-24(28)22-15-23(30-27-22)21-9-8-19-18-7-6-17-14-16(2)10-12-25(17,3)20(18)11-13-26(19,21)4/h15-21H,5-14H2,1-4H3. The topological polar surface area (TPSA) is 52.3 Å². The second-order valence-electron chi connectivity index (χ2n) is 11.5. The van der Waals surface area contributed by atoms with Crippen LogP contribution in [-0.2, 0) is 4.74 Å². The van der Waals surface area contributed by atoms with E-state index in [2.05, 4.69) is 25.9 Å². The lowest BCUT2D eigenvalue weighted by Crippen LogP contribution is -2.53. The molecule has 1 aromatic rings. The summed E-state index contributed by atoms with van der Waals surface area (Å²) >= 11 is 0. The Kier molecular flexibility index (Phi) is 5.06. The average Bonchev–Trinajstić information content (AvgIpc) is 3.33. The average molecular weight is 414 g/mol. The van der Waals surface area contributed by atoms with Gasteiger partial charge in [0.05, 0.1) is 6.61 Å². The minimum atomic E-state index is -0.367. The van der Waals surface area contributed by atoms with Crippen molar-refractivity contribution in [1.82, 2.24) is 5.16 Å². The lowest BCUT2D eigenvalue weighted by molar-refractivity contribution is -0.113. The summed E-state index contributed by atoms with van der Waals surface area (Å²) in [5.41, 5.74) is 1.17. The zero-order valence-electron chi connectivity index (χ0n) is 19.3. The van der Waals surface area contributed by atoms with Gasteiger partial charge in [0, 0.05) is 12.0 Å². The largest absolute Gasteiger partial charge is 0.461 e. The molecule has 4 fully saturated rings. The third kappa shape index (κ3) is 2.99. The number of esters is 1. The zero-order valence-corrected chi connectivity index (χ0v) is 19.3. The number of carbonyl (C=O) groups is 1. The van der Waals surface area contributed by atoms with E-state index in [0.717, 1.165) is 35.3 Å². The van der Waals surface area contributed by atoms with Crippen LogP contribution in [0.3, 0.4) is 0 Å². The molecule has 0 N–H and O–H groups in total. The van der Waals surface area contributed by atoms with Gasteiger partial charge < -0.3 is 9.26 Å². The molecule has 8 atom stereocenters. The Bertz CT molecular complexity index is 802. The van der Waals surface area contributed by atoms with E-state index in [9.17, 15) is 4.79 Å². The molecule has 0 saturated heterocycles. The van der Waals surface area contributed by atoms with Crippen LogP contribution in [-0.4, -0.2) is 17.7 Å². The normalized spacial score (nSPS) is 45.3. The molecule has 8 unspecified atom stereocenters. The van der Waals surface area contributed by atoms with Crippen LogP contribution in [0.2, 0.25) is 0 Å². The van der Waals surface area contributed by atoms with E-state index in [1.807, 2.05) is 13.0 Å². The first kappa shape index (κ1) is 20.6. The molecule has 4 nitrogen and oxygen atoms in total. The van der Waals surface area contributed by atoms with Gasteiger partial charge in [0.15, 0.2) is 5.69 Å². The summed E-state index contributed by atoms with van der Waals surface area (Å²) in [4.78, 5) is 12.1. The molecule has 1 aromatic heterocycles. The van der Waals surface area contributed by atoms with E-state index in [1.165, 1.54) is 57.8 Å². The first-order chi connectivity index (χ1) is 14.4. The summed E-state index contributed by atoms with van der Waals surface area (Å²) in [6, 6.07) is 1.86. The van der Waals surface area contributed by atoms with Crippen molar-refractivity contribution in [3.05, 3.63) is 17.5 Å². The van der Waals surface area contributed by atoms with Crippen molar-refractivity contribution in [3.8, 4) is 0 Å². The van der Waals surface area contributed by atoms with Gasteiger partial charge in [-0.25, -0.2) is 4.79 Å². The van der Waals surface area contributed by atoms with Crippen molar-refractivity contribution in [2.75, 3.05) is 6.61 Å². The van der Waals surface area contributed by atoms with E-state index < -0.39 is 0 Å². The molecule has 5 rings (SSSR count). The molecule has 0 aromatic carbocycles. The highest BCUT2D eigenvalue weighted by Gasteiger charge is 2.60. The molecular weight excluding hydrogens is 374 g/mol. The molecule has 4 aliphatic rings. The Morgan fingerprint density at radius 3 is 2.67 bits per heavy atom. The zero-order chi connectivity index (χ0) is 21.1. The van der Waals surface area contributed by atoms with Gasteiger partial charge >= 0.3 is 5.97 Å². The number of carbonyl (C=O) groups excluding carboxylic acids is 1. The van der Waals surface area contributed by atoms with Gasteiger partial charge in [-0.15, -0.1) is 0 Å². The van der Waals surface area contributed by atoms with Gasteiger partial charge in [0.2, 0.25) is 0 Å². The minimum absolute atomic E-state index is 0.276. The van der Waals surface area contributed by atoms with E-state index in [4.69, 9.17) is 9.26 Å². The summed E-state index contributed by atoms with van der Waals surface area (Å²) in [5.74, 6) is 5.36. The van der Waals surface area contributed by atoms with Crippen molar-refractivity contribution in [2.24, 2.45) is 40.4 Å². The number of hydrogen-bond acceptors (Lipinski definition) is 4. The predicted octanol–water partition coefficient (Wildman–Crippen LogP) is 6.61. The highest BCUT2D eigenvalue weighted by Crippen LogP contribution is 2.69. The lowest BCUT2D eigenvalue weighted by atomic mass is 9.44. The Labute approximate surface area is 181 Å². The van der Waals surface area contributed by atoms with E-state index in [-0.39, 0.29) is 11.4 Å². The molecular formula is C26H39NO3. The fraction of sp³-hybridized carbons (Fsp3) is 0.846. The summed E-state index contributed by atoms with van der Waals surface area (Å²) < 4.78 is 10.8. The number of rotatable bonds is 3. The fourth-order valence-electron chi connectivity index (χ4n) is 8.69. The highest BCUT2D eigenvalue weighted by molar-refractivity contribution is 5.87. The molecule has 166 valence electrons. The molecule has 4 saturated carbocycles. The van der Waals surface area contributed by atoms with Gasteiger partial charge in [-0.05, 0) is 98.7 Å². The van der Waals surface area contributed by atoms with Crippen LogP contribution in [0, 0.1) is 40.4 Å². The molecule has 4 heteroatoms. The maximum absolute atomic E-state index is 12.1. The summed E-state index contributed by atoms with van der Waals surface area (Å²) in [5, 5.41) is 4.05. The highest BCUT2D eigenvalue weighted by atomic mass is 16.5. The molecule has 0 radical (unpaired) electrons. The number of hydrogen-bond donors (Lipinski definition) is 0. The second kappa shape index (κ2) is 7.38. The van der Waals surface area contributed by atoms with Crippen LogP contribution in [0.4, 0.5) is 0 Å². The minimum Gasteiger partial charge on any atom is -0.461 e. The third-order valence-corrected chi connectivity index (χ3v) is 10.3. The Morgan fingerprint density at radius 2 is 1.87 bits per heavy atom. The number of fused-ring (bicyclic) bond motifs is 5. The Morgan fingerprint density at radius 1 is 1.10 bits per heavy atom. The second-order valence-corrected chi connectivity index (χ2v) is 11.5. The van der Waals surface area contributed by atoms with Crippen molar-refractivity contribution < 1.29 is 14.1 Å². The van der Waals surface area contributed by atoms with E-state index >= 15 is 0 Å².